The number of rotatable bonds is 10. The van der Waals surface area contributed by atoms with Gasteiger partial charge in [0.2, 0.25) is 0 Å². The van der Waals surface area contributed by atoms with Gasteiger partial charge in [0.1, 0.15) is 0 Å². The Labute approximate surface area is 135 Å². The van der Waals surface area contributed by atoms with Crippen molar-refractivity contribution in [1.82, 2.24) is 5.32 Å². The monoisotopic (exact) mass is 357 g/mol. The van der Waals surface area contributed by atoms with Gasteiger partial charge in [-0.1, -0.05) is 12.2 Å². The zero-order valence-corrected chi connectivity index (χ0v) is 14.6. The van der Waals surface area contributed by atoms with Crippen LogP contribution in [0, 0.1) is 0 Å². The Morgan fingerprint density at radius 3 is 2.76 bits per heavy atom. The molecular formula is C16H24BrNO3. The first-order valence-electron chi connectivity index (χ1n) is 7.00. The predicted molar refractivity (Wildman–Crippen MR) is 89.2 cm³/mol. The Hall–Kier alpha value is -1.04. The maximum atomic E-state index is 5.57. The van der Waals surface area contributed by atoms with Gasteiger partial charge in [-0.15, -0.1) is 0 Å². The van der Waals surface area contributed by atoms with Crippen LogP contribution in [0.2, 0.25) is 0 Å². The summed E-state index contributed by atoms with van der Waals surface area (Å²) in [7, 11) is 1.65. The molecule has 0 spiro atoms. The number of methoxy groups -OCH3 is 1. The van der Waals surface area contributed by atoms with Crippen molar-refractivity contribution in [3.8, 4) is 11.5 Å². The van der Waals surface area contributed by atoms with Crippen LogP contribution in [-0.4, -0.2) is 33.5 Å². The lowest BCUT2D eigenvalue weighted by atomic mass is 10.2. The Morgan fingerprint density at radius 2 is 2.14 bits per heavy atom. The average Bonchev–Trinajstić information content (AvgIpc) is 2.44. The number of benzene rings is 1. The highest BCUT2D eigenvalue weighted by molar-refractivity contribution is 9.10. The predicted octanol–water partition coefficient (Wildman–Crippen LogP) is 3.54. The van der Waals surface area contributed by atoms with Gasteiger partial charge in [0.25, 0.3) is 0 Å². The molecule has 0 radical (unpaired) electrons. The van der Waals surface area contributed by atoms with Crippen molar-refractivity contribution in [3.63, 3.8) is 0 Å². The topological polar surface area (TPSA) is 39.7 Å². The largest absolute Gasteiger partial charge is 0.493 e. The minimum Gasteiger partial charge on any atom is -0.493 e. The van der Waals surface area contributed by atoms with Crippen LogP contribution in [0.25, 0.3) is 0 Å². The van der Waals surface area contributed by atoms with Gasteiger partial charge in [-0.3, -0.25) is 0 Å². The van der Waals surface area contributed by atoms with Gasteiger partial charge in [0.05, 0.1) is 31.4 Å². The summed E-state index contributed by atoms with van der Waals surface area (Å²) < 4.78 is 17.3. The molecule has 0 aliphatic heterocycles. The lowest BCUT2D eigenvalue weighted by Gasteiger charge is -2.14. The van der Waals surface area contributed by atoms with E-state index < -0.39 is 0 Å². The lowest BCUT2D eigenvalue weighted by Crippen LogP contribution is -2.19. The molecule has 1 N–H and O–H groups in total. The van der Waals surface area contributed by atoms with Crippen molar-refractivity contribution in [2.45, 2.75) is 20.4 Å². The second-order valence-electron chi connectivity index (χ2n) is 4.73. The van der Waals surface area contributed by atoms with E-state index in [1.54, 1.807) is 7.11 Å². The van der Waals surface area contributed by atoms with E-state index in [0.717, 1.165) is 40.2 Å². The Bertz CT molecular complexity index is 463. The zero-order valence-electron chi connectivity index (χ0n) is 13.0. The van der Waals surface area contributed by atoms with E-state index in [4.69, 9.17) is 14.2 Å². The summed E-state index contributed by atoms with van der Waals surface area (Å²) in [6.07, 6.45) is 0. The van der Waals surface area contributed by atoms with E-state index in [1.807, 2.05) is 26.0 Å². The minimum atomic E-state index is 0.604. The van der Waals surface area contributed by atoms with Gasteiger partial charge >= 0.3 is 0 Å². The Kier molecular flexibility index (Phi) is 8.42. The molecule has 1 aromatic rings. The van der Waals surface area contributed by atoms with E-state index in [1.165, 1.54) is 0 Å². The molecule has 5 heteroatoms. The molecule has 0 saturated heterocycles. The number of hydrogen-bond acceptors (Lipinski definition) is 4. The van der Waals surface area contributed by atoms with Crippen molar-refractivity contribution in [2.24, 2.45) is 0 Å². The molecule has 21 heavy (non-hydrogen) atoms. The van der Waals surface area contributed by atoms with E-state index in [9.17, 15) is 0 Å². The molecule has 0 aliphatic rings. The van der Waals surface area contributed by atoms with Crippen LogP contribution in [0.15, 0.2) is 28.8 Å². The molecule has 0 unspecified atom stereocenters. The summed E-state index contributed by atoms with van der Waals surface area (Å²) in [5.74, 6) is 1.48. The van der Waals surface area contributed by atoms with Crippen LogP contribution in [0.3, 0.4) is 0 Å². The minimum absolute atomic E-state index is 0.604. The highest BCUT2D eigenvalue weighted by Gasteiger charge is 2.10. The smallest absolute Gasteiger partial charge is 0.175 e. The van der Waals surface area contributed by atoms with Crippen LogP contribution < -0.4 is 14.8 Å². The number of nitrogens with one attached hydrogen (secondary N) is 1. The van der Waals surface area contributed by atoms with E-state index in [2.05, 4.69) is 27.8 Å². The Balaban J connectivity index is 2.48. The summed E-state index contributed by atoms with van der Waals surface area (Å²) in [5, 5.41) is 3.33. The third-order valence-corrected chi connectivity index (χ3v) is 3.27. The second-order valence-corrected chi connectivity index (χ2v) is 5.58. The summed E-state index contributed by atoms with van der Waals surface area (Å²) in [6.45, 7) is 11.1. The summed E-state index contributed by atoms with van der Waals surface area (Å²) >= 11 is 3.52. The highest BCUT2D eigenvalue weighted by Crippen LogP contribution is 2.36. The van der Waals surface area contributed by atoms with Gasteiger partial charge in [0.15, 0.2) is 11.5 Å². The first-order chi connectivity index (χ1) is 10.1. The third kappa shape index (κ3) is 6.50. The van der Waals surface area contributed by atoms with Crippen molar-refractivity contribution in [1.29, 1.82) is 0 Å². The van der Waals surface area contributed by atoms with Gasteiger partial charge in [-0.2, -0.15) is 0 Å². The third-order valence-electron chi connectivity index (χ3n) is 2.68. The van der Waals surface area contributed by atoms with Crippen molar-refractivity contribution in [2.75, 3.05) is 33.5 Å². The molecule has 1 aromatic carbocycles. The van der Waals surface area contributed by atoms with Gasteiger partial charge in [0, 0.05) is 13.1 Å². The van der Waals surface area contributed by atoms with Crippen LogP contribution in [0.4, 0.5) is 0 Å². The Morgan fingerprint density at radius 1 is 1.38 bits per heavy atom. The molecule has 0 aromatic heterocycles. The standard InChI is InChI=1S/C16H24BrNO3/c1-5-21-16-14(17)8-13(9-15(16)19-4)10-18-6-7-20-11-12(2)3/h8-9,18H,2,5-7,10-11H2,1,3-4H3. The second kappa shape index (κ2) is 9.82. The first-order valence-corrected chi connectivity index (χ1v) is 7.79. The average molecular weight is 358 g/mol. The van der Waals surface area contributed by atoms with Gasteiger partial charge in [-0.05, 0) is 47.5 Å². The summed E-state index contributed by atoms with van der Waals surface area (Å²) in [4.78, 5) is 0. The molecule has 0 amide bonds. The van der Waals surface area contributed by atoms with Gasteiger partial charge in [-0.25, -0.2) is 0 Å². The van der Waals surface area contributed by atoms with Crippen LogP contribution >= 0.6 is 15.9 Å². The fraction of sp³-hybridized carbons (Fsp3) is 0.500. The molecule has 0 heterocycles. The fourth-order valence-electron chi connectivity index (χ4n) is 1.78. The van der Waals surface area contributed by atoms with Gasteiger partial charge < -0.3 is 19.5 Å². The first kappa shape index (κ1) is 18.0. The van der Waals surface area contributed by atoms with Crippen LogP contribution in [-0.2, 0) is 11.3 Å². The SMILES string of the molecule is C=C(C)COCCNCc1cc(Br)c(OCC)c(OC)c1. The number of hydrogen-bond donors (Lipinski definition) is 1. The molecule has 0 fully saturated rings. The van der Waals surface area contributed by atoms with E-state index in [-0.39, 0.29) is 0 Å². The lowest BCUT2D eigenvalue weighted by molar-refractivity contribution is 0.157. The fourth-order valence-corrected chi connectivity index (χ4v) is 2.39. The number of halogens is 1. The maximum Gasteiger partial charge on any atom is 0.175 e. The highest BCUT2D eigenvalue weighted by atomic mass is 79.9. The van der Waals surface area contributed by atoms with E-state index >= 15 is 0 Å². The molecule has 0 atom stereocenters. The normalized spacial score (nSPS) is 10.5. The van der Waals surface area contributed by atoms with Crippen molar-refractivity contribution >= 4 is 15.9 Å². The van der Waals surface area contributed by atoms with Crippen LogP contribution in [0.1, 0.15) is 19.4 Å². The molecule has 118 valence electrons. The zero-order chi connectivity index (χ0) is 15.7. The van der Waals surface area contributed by atoms with Crippen molar-refractivity contribution < 1.29 is 14.2 Å². The maximum absolute atomic E-state index is 5.57. The number of ether oxygens (including phenoxy) is 3. The molecule has 0 aliphatic carbocycles. The van der Waals surface area contributed by atoms with Crippen molar-refractivity contribution in [3.05, 3.63) is 34.3 Å². The molecule has 0 saturated carbocycles. The summed E-state index contributed by atoms with van der Waals surface area (Å²) in [5.41, 5.74) is 2.16. The van der Waals surface area contributed by atoms with E-state index in [0.29, 0.717) is 19.8 Å². The van der Waals surface area contributed by atoms with Crippen LogP contribution in [0.5, 0.6) is 11.5 Å². The summed E-state index contributed by atoms with van der Waals surface area (Å²) in [6, 6.07) is 4.02. The molecular weight excluding hydrogens is 334 g/mol. The molecule has 0 bridgehead atoms. The molecule has 4 nitrogen and oxygen atoms in total. The molecule has 1 rings (SSSR count). The quantitative estimate of drug-likeness (QED) is 0.513.